The summed E-state index contributed by atoms with van der Waals surface area (Å²) in [7, 11) is 0. The molecule has 3 nitrogen and oxygen atoms in total. The molecular formula is C19H28ClNO2. The van der Waals surface area contributed by atoms with E-state index in [0.29, 0.717) is 6.61 Å². The van der Waals surface area contributed by atoms with Crippen molar-refractivity contribution in [2.24, 2.45) is 0 Å². The van der Waals surface area contributed by atoms with Gasteiger partial charge < -0.3 is 26.7 Å². The lowest BCUT2D eigenvalue weighted by Gasteiger charge is -2.36. The molecule has 0 bridgehead atoms. The van der Waals surface area contributed by atoms with Gasteiger partial charge in [0.15, 0.2) is 0 Å². The number of aliphatic hydroxyl groups is 1. The highest BCUT2D eigenvalue weighted by Gasteiger charge is 2.34. The van der Waals surface area contributed by atoms with Gasteiger partial charge in [-0.2, -0.15) is 0 Å². The predicted octanol–water partition coefficient (Wildman–Crippen LogP) is -0.409. The minimum absolute atomic E-state index is 0. The Hall–Kier alpha value is -1.05. The molecule has 1 N–H and O–H groups in total. The zero-order valence-corrected chi connectivity index (χ0v) is 14.9. The number of nitrogens with zero attached hydrogens (tertiary/aromatic N) is 1. The second-order valence-electron chi connectivity index (χ2n) is 6.94. The monoisotopic (exact) mass is 337 g/mol. The molecule has 4 heteroatoms. The first-order valence-corrected chi connectivity index (χ1v) is 8.14. The Balaban J connectivity index is 0.00000264. The first-order chi connectivity index (χ1) is 10.4. The fraction of sp³-hybridized carbons (Fsp3) is 0.579. The van der Waals surface area contributed by atoms with Crippen molar-refractivity contribution in [3.05, 3.63) is 35.9 Å². The number of terminal acetylenes is 1. The number of likely N-dealkylation sites (tertiary alicyclic amines) is 1. The van der Waals surface area contributed by atoms with E-state index in [9.17, 15) is 5.11 Å². The van der Waals surface area contributed by atoms with Gasteiger partial charge in [-0.1, -0.05) is 36.3 Å². The van der Waals surface area contributed by atoms with Gasteiger partial charge >= 0.3 is 0 Å². The molecule has 0 saturated carbocycles. The zero-order chi connectivity index (χ0) is 16.1. The fourth-order valence-electron chi connectivity index (χ4n) is 3.23. The number of hydrogen-bond donors (Lipinski definition) is 1. The highest BCUT2D eigenvalue weighted by molar-refractivity contribution is 5.13. The van der Waals surface area contributed by atoms with Crippen LogP contribution in [-0.4, -0.2) is 47.5 Å². The molecule has 1 aromatic rings. The molecule has 1 heterocycles. The maximum absolute atomic E-state index is 10.4. The van der Waals surface area contributed by atoms with Crippen LogP contribution in [0.3, 0.4) is 0 Å². The van der Waals surface area contributed by atoms with Crippen molar-refractivity contribution in [3.8, 4) is 12.3 Å². The molecule has 1 unspecified atom stereocenters. The lowest BCUT2D eigenvalue weighted by molar-refractivity contribution is -0.932. The van der Waals surface area contributed by atoms with Gasteiger partial charge in [-0.05, 0) is 13.8 Å². The van der Waals surface area contributed by atoms with Crippen molar-refractivity contribution in [2.45, 2.75) is 44.9 Å². The summed E-state index contributed by atoms with van der Waals surface area (Å²) < 4.78 is 6.60. The van der Waals surface area contributed by atoms with E-state index in [0.717, 1.165) is 30.7 Å². The number of benzene rings is 1. The molecular weight excluding hydrogens is 310 g/mol. The molecule has 1 aromatic carbocycles. The van der Waals surface area contributed by atoms with Gasteiger partial charge in [-0.15, -0.1) is 6.42 Å². The Bertz CT molecular complexity index is 504. The number of rotatable bonds is 7. The third-order valence-electron chi connectivity index (χ3n) is 4.46. The average Bonchev–Trinajstić information content (AvgIpc) is 2.94. The third kappa shape index (κ3) is 6.16. The summed E-state index contributed by atoms with van der Waals surface area (Å²) in [5.74, 6) is 2.60. The molecule has 1 fully saturated rings. The van der Waals surface area contributed by atoms with Crippen molar-refractivity contribution in [2.75, 3.05) is 26.2 Å². The second-order valence-corrected chi connectivity index (χ2v) is 6.94. The highest BCUT2D eigenvalue weighted by atomic mass is 35.5. The van der Waals surface area contributed by atoms with Gasteiger partial charge in [-0.3, -0.25) is 0 Å². The standard InChI is InChI=1S/C19H28NO2.ClH/c1-4-19(2,3)22-16-18(21)15-20(12-8-9-13-20)14-17-10-6-5-7-11-17;/h1,5-7,10-11,18,21H,8-9,12-16H2,2-3H3;1H/q+1;/p-1. The Labute approximate surface area is 146 Å². The van der Waals surface area contributed by atoms with Gasteiger partial charge in [0.2, 0.25) is 0 Å². The SMILES string of the molecule is C#CC(C)(C)OCC(O)C[N+]1(Cc2ccccc2)CCCC1.[Cl-]. The van der Waals surface area contributed by atoms with Crippen LogP contribution in [-0.2, 0) is 11.3 Å². The van der Waals surface area contributed by atoms with Crippen LogP contribution in [0.5, 0.6) is 0 Å². The van der Waals surface area contributed by atoms with Crippen LogP contribution in [0, 0.1) is 12.3 Å². The molecule has 1 atom stereocenters. The van der Waals surface area contributed by atoms with E-state index in [4.69, 9.17) is 11.2 Å². The normalized spacial score (nSPS) is 18.0. The van der Waals surface area contributed by atoms with Crippen molar-refractivity contribution in [1.29, 1.82) is 0 Å². The van der Waals surface area contributed by atoms with E-state index in [1.807, 2.05) is 19.9 Å². The van der Waals surface area contributed by atoms with Crippen LogP contribution in [0.15, 0.2) is 30.3 Å². The molecule has 0 aliphatic carbocycles. The van der Waals surface area contributed by atoms with Crippen molar-refractivity contribution >= 4 is 0 Å². The fourth-order valence-corrected chi connectivity index (χ4v) is 3.23. The van der Waals surface area contributed by atoms with Gasteiger partial charge in [0.1, 0.15) is 24.8 Å². The van der Waals surface area contributed by atoms with Gasteiger partial charge in [-0.25, -0.2) is 0 Å². The van der Waals surface area contributed by atoms with Gasteiger partial charge in [0.05, 0.1) is 19.7 Å². The van der Waals surface area contributed by atoms with E-state index in [-0.39, 0.29) is 12.4 Å². The molecule has 2 rings (SSSR count). The van der Waals surface area contributed by atoms with Crippen LogP contribution >= 0.6 is 0 Å². The quantitative estimate of drug-likeness (QED) is 0.541. The molecule has 1 saturated heterocycles. The van der Waals surface area contributed by atoms with Crippen molar-refractivity contribution in [3.63, 3.8) is 0 Å². The zero-order valence-electron chi connectivity index (χ0n) is 14.2. The number of ether oxygens (including phenoxy) is 1. The van der Waals surface area contributed by atoms with Crippen molar-refractivity contribution in [1.82, 2.24) is 0 Å². The molecule has 23 heavy (non-hydrogen) atoms. The molecule has 128 valence electrons. The van der Waals surface area contributed by atoms with Crippen LogP contribution in [0.4, 0.5) is 0 Å². The van der Waals surface area contributed by atoms with E-state index < -0.39 is 11.7 Å². The Morgan fingerprint density at radius 2 is 1.87 bits per heavy atom. The average molecular weight is 338 g/mol. The summed E-state index contributed by atoms with van der Waals surface area (Å²) in [6.07, 6.45) is 7.41. The largest absolute Gasteiger partial charge is 1.00 e. The molecule has 0 spiro atoms. The second kappa shape index (κ2) is 8.70. The molecule has 1 aliphatic heterocycles. The van der Waals surface area contributed by atoms with Crippen LogP contribution < -0.4 is 12.4 Å². The Morgan fingerprint density at radius 3 is 2.43 bits per heavy atom. The molecule has 1 aliphatic rings. The molecule has 0 aromatic heterocycles. The number of quaternary nitrogens is 1. The number of halogens is 1. The summed E-state index contributed by atoms with van der Waals surface area (Å²) in [6, 6.07) is 10.5. The first-order valence-electron chi connectivity index (χ1n) is 8.14. The van der Waals surface area contributed by atoms with Crippen LogP contribution in [0.25, 0.3) is 0 Å². The smallest absolute Gasteiger partial charge is 0.126 e. The van der Waals surface area contributed by atoms with Gasteiger partial charge in [0, 0.05) is 18.4 Å². The van der Waals surface area contributed by atoms with Crippen molar-refractivity contribution < 1.29 is 26.7 Å². The molecule has 0 radical (unpaired) electrons. The predicted molar refractivity (Wildman–Crippen MR) is 89.1 cm³/mol. The third-order valence-corrected chi connectivity index (χ3v) is 4.46. The van der Waals surface area contributed by atoms with Gasteiger partial charge in [0.25, 0.3) is 0 Å². The summed E-state index contributed by atoms with van der Waals surface area (Å²) in [4.78, 5) is 0. The maximum Gasteiger partial charge on any atom is 0.126 e. The maximum atomic E-state index is 10.4. The van der Waals surface area contributed by atoms with E-state index >= 15 is 0 Å². The topological polar surface area (TPSA) is 29.5 Å². The van der Waals surface area contributed by atoms with E-state index in [1.165, 1.54) is 18.4 Å². The lowest BCUT2D eigenvalue weighted by atomic mass is 10.1. The molecule has 0 amide bonds. The lowest BCUT2D eigenvalue weighted by Crippen LogP contribution is -3.00. The Morgan fingerprint density at radius 1 is 1.26 bits per heavy atom. The van der Waals surface area contributed by atoms with E-state index in [2.05, 4.69) is 30.2 Å². The summed E-state index contributed by atoms with van der Waals surface area (Å²) in [5.41, 5.74) is 0.720. The number of aliphatic hydroxyl groups excluding tert-OH is 1. The van der Waals surface area contributed by atoms with Crippen LogP contribution in [0.1, 0.15) is 32.3 Å². The highest BCUT2D eigenvalue weighted by Crippen LogP contribution is 2.24. The summed E-state index contributed by atoms with van der Waals surface area (Å²) in [5, 5.41) is 10.4. The number of hydrogen-bond acceptors (Lipinski definition) is 2. The van der Waals surface area contributed by atoms with E-state index in [1.54, 1.807) is 0 Å². The summed E-state index contributed by atoms with van der Waals surface area (Å²) in [6.45, 7) is 7.97. The summed E-state index contributed by atoms with van der Waals surface area (Å²) >= 11 is 0. The minimum atomic E-state index is -0.615. The first kappa shape index (κ1) is 20.0. The minimum Gasteiger partial charge on any atom is -1.00 e. The van der Waals surface area contributed by atoms with Crippen LogP contribution in [0.2, 0.25) is 0 Å². The Kier molecular flexibility index (Phi) is 7.57.